The highest BCUT2D eigenvalue weighted by atomic mass is 32.2. The van der Waals surface area contributed by atoms with Crippen molar-refractivity contribution in [1.29, 1.82) is 0 Å². The van der Waals surface area contributed by atoms with Gasteiger partial charge in [0.05, 0.1) is 16.8 Å². The van der Waals surface area contributed by atoms with E-state index < -0.39 is 0 Å². The van der Waals surface area contributed by atoms with Gasteiger partial charge in [0.25, 0.3) is 0 Å². The Morgan fingerprint density at radius 1 is 1.50 bits per heavy atom. The van der Waals surface area contributed by atoms with Crippen LogP contribution in [0, 0.1) is 0 Å². The number of H-pyrrole nitrogens is 1. The number of nitrogens with two attached hydrogens (primary N) is 1. The van der Waals surface area contributed by atoms with E-state index >= 15 is 0 Å². The summed E-state index contributed by atoms with van der Waals surface area (Å²) in [7, 11) is 0. The highest BCUT2D eigenvalue weighted by molar-refractivity contribution is 7.98. The molecule has 3 nitrogen and oxygen atoms in total. The van der Waals surface area contributed by atoms with Crippen molar-refractivity contribution < 1.29 is 0 Å². The minimum Gasteiger partial charge on any atom is -0.399 e. The molecule has 0 aliphatic carbocycles. The van der Waals surface area contributed by atoms with E-state index in [0.717, 1.165) is 34.1 Å². The fraction of sp³-hybridized carbons (Fsp3) is 0.300. The number of rotatable bonds is 3. The maximum absolute atomic E-state index is 5.68. The van der Waals surface area contributed by atoms with Gasteiger partial charge in [-0.15, -0.1) is 0 Å². The number of fused-ring (bicyclic) bond motifs is 1. The number of hydrogen-bond donors (Lipinski definition) is 2. The molecule has 3 N–H and O–H groups in total. The van der Waals surface area contributed by atoms with Gasteiger partial charge < -0.3 is 10.7 Å². The first-order valence-electron chi connectivity index (χ1n) is 4.61. The van der Waals surface area contributed by atoms with Crippen molar-refractivity contribution in [3.8, 4) is 0 Å². The monoisotopic (exact) mass is 207 g/mol. The zero-order valence-corrected chi connectivity index (χ0v) is 8.90. The van der Waals surface area contributed by atoms with Gasteiger partial charge in [0.1, 0.15) is 5.82 Å². The molecule has 2 rings (SSSR count). The van der Waals surface area contributed by atoms with Crippen molar-refractivity contribution in [3.05, 3.63) is 24.0 Å². The van der Waals surface area contributed by atoms with Crippen molar-refractivity contribution in [2.24, 2.45) is 0 Å². The Balaban J connectivity index is 2.32. The Hall–Kier alpha value is -1.16. The Bertz CT molecular complexity index is 436. The van der Waals surface area contributed by atoms with Crippen LogP contribution in [0.15, 0.2) is 18.2 Å². The Morgan fingerprint density at radius 3 is 3.14 bits per heavy atom. The molecule has 0 saturated heterocycles. The summed E-state index contributed by atoms with van der Waals surface area (Å²) in [5.74, 6) is 3.07. The van der Waals surface area contributed by atoms with Gasteiger partial charge in [-0.3, -0.25) is 0 Å². The third kappa shape index (κ3) is 1.85. The summed E-state index contributed by atoms with van der Waals surface area (Å²) in [6, 6.07) is 5.74. The molecule has 0 aliphatic rings. The SMILES string of the molecule is CCSCc1nc2ccc(N)cc2[nH]1. The number of imidazole rings is 1. The average Bonchev–Trinajstić information content (AvgIpc) is 2.56. The van der Waals surface area contributed by atoms with Crippen molar-refractivity contribution in [3.63, 3.8) is 0 Å². The van der Waals surface area contributed by atoms with Crippen LogP contribution in [0.2, 0.25) is 0 Å². The molecule has 14 heavy (non-hydrogen) atoms. The van der Waals surface area contributed by atoms with Crippen LogP contribution in [-0.4, -0.2) is 15.7 Å². The van der Waals surface area contributed by atoms with Gasteiger partial charge in [-0.1, -0.05) is 6.92 Å². The molecule has 4 heteroatoms. The molecule has 1 heterocycles. The highest BCUT2D eigenvalue weighted by Gasteiger charge is 2.01. The molecular formula is C10H13N3S. The standard InChI is InChI=1S/C10H13N3S/c1-2-14-6-10-12-8-4-3-7(11)5-9(8)13-10/h3-5H,2,6,11H2,1H3,(H,12,13). The lowest BCUT2D eigenvalue weighted by Crippen LogP contribution is -1.83. The number of nitrogen functional groups attached to an aromatic ring is 1. The largest absolute Gasteiger partial charge is 0.399 e. The second-order valence-electron chi connectivity index (χ2n) is 3.10. The van der Waals surface area contributed by atoms with Crippen LogP contribution in [0.4, 0.5) is 5.69 Å². The second-order valence-corrected chi connectivity index (χ2v) is 4.37. The van der Waals surface area contributed by atoms with Gasteiger partial charge in [0, 0.05) is 5.69 Å². The van der Waals surface area contributed by atoms with Crippen molar-refractivity contribution in [2.75, 3.05) is 11.5 Å². The molecular weight excluding hydrogens is 194 g/mol. The maximum atomic E-state index is 5.68. The van der Waals surface area contributed by atoms with Gasteiger partial charge >= 0.3 is 0 Å². The number of benzene rings is 1. The topological polar surface area (TPSA) is 54.7 Å². The molecule has 0 bridgehead atoms. The van der Waals surface area contributed by atoms with Crippen LogP contribution in [0.5, 0.6) is 0 Å². The molecule has 0 spiro atoms. The van der Waals surface area contributed by atoms with Gasteiger partial charge in [-0.2, -0.15) is 11.8 Å². The van der Waals surface area contributed by atoms with E-state index in [4.69, 9.17) is 5.73 Å². The normalized spacial score (nSPS) is 10.9. The Kier molecular flexibility index (Phi) is 2.63. The lowest BCUT2D eigenvalue weighted by Gasteiger charge is -1.91. The Morgan fingerprint density at radius 2 is 2.36 bits per heavy atom. The zero-order chi connectivity index (χ0) is 9.97. The molecule has 0 aliphatic heterocycles. The number of aromatic amines is 1. The lowest BCUT2D eigenvalue weighted by molar-refractivity contribution is 1.14. The number of anilines is 1. The van der Waals surface area contributed by atoms with Crippen LogP contribution in [0.1, 0.15) is 12.7 Å². The van der Waals surface area contributed by atoms with E-state index in [9.17, 15) is 0 Å². The van der Waals surface area contributed by atoms with E-state index in [1.165, 1.54) is 0 Å². The number of nitrogens with one attached hydrogen (secondary N) is 1. The summed E-state index contributed by atoms with van der Waals surface area (Å²) in [6.45, 7) is 2.14. The van der Waals surface area contributed by atoms with Gasteiger partial charge in [0.15, 0.2) is 0 Å². The summed E-state index contributed by atoms with van der Waals surface area (Å²) in [4.78, 5) is 7.72. The van der Waals surface area contributed by atoms with E-state index in [-0.39, 0.29) is 0 Å². The van der Waals surface area contributed by atoms with Gasteiger partial charge in [-0.05, 0) is 24.0 Å². The van der Waals surface area contributed by atoms with E-state index in [1.807, 2.05) is 30.0 Å². The third-order valence-electron chi connectivity index (χ3n) is 2.00. The summed E-state index contributed by atoms with van der Waals surface area (Å²) < 4.78 is 0. The molecule has 0 saturated carbocycles. The minimum atomic E-state index is 0.774. The smallest absolute Gasteiger partial charge is 0.117 e. The molecule has 0 radical (unpaired) electrons. The molecule has 0 unspecified atom stereocenters. The fourth-order valence-corrected chi connectivity index (χ4v) is 1.88. The quantitative estimate of drug-likeness (QED) is 0.760. The molecule has 1 aromatic carbocycles. The molecule has 0 fully saturated rings. The van der Waals surface area contributed by atoms with Crippen LogP contribution in [0.3, 0.4) is 0 Å². The van der Waals surface area contributed by atoms with Crippen molar-refractivity contribution in [2.45, 2.75) is 12.7 Å². The summed E-state index contributed by atoms with van der Waals surface area (Å²) in [5.41, 5.74) is 8.47. The Labute approximate surface area is 87.1 Å². The first kappa shape index (κ1) is 9.40. The van der Waals surface area contributed by atoms with Crippen molar-refractivity contribution >= 4 is 28.5 Å². The van der Waals surface area contributed by atoms with E-state index in [1.54, 1.807) is 0 Å². The van der Waals surface area contributed by atoms with Crippen molar-refractivity contribution in [1.82, 2.24) is 9.97 Å². The zero-order valence-electron chi connectivity index (χ0n) is 8.08. The average molecular weight is 207 g/mol. The molecule has 2 aromatic rings. The molecule has 74 valence electrons. The molecule has 0 atom stereocenters. The summed E-state index contributed by atoms with van der Waals surface area (Å²) in [6.07, 6.45) is 0. The van der Waals surface area contributed by atoms with E-state index in [2.05, 4.69) is 16.9 Å². The first-order chi connectivity index (χ1) is 6.79. The number of nitrogens with zero attached hydrogens (tertiary/aromatic N) is 1. The molecule has 0 amide bonds. The van der Waals surface area contributed by atoms with E-state index in [0.29, 0.717) is 0 Å². The molecule has 1 aromatic heterocycles. The van der Waals surface area contributed by atoms with Crippen LogP contribution in [0.25, 0.3) is 11.0 Å². The van der Waals surface area contributed by atoms with Crippen LogP contribution >= 0.6 is 11.8 Å². The minimum absolute atomic E-state index is 0.774. The van der Waals surface area contributed by atoms with Gasteiger partial charge in [-0.25, -0.2) is 4.98 Å². The lowest BCUT2D eigenvalue weighted by atomic mass is 10.3. The van der Waals surface area contributed by atoms with Gasteiger partial charge in [0.2, 0.25) is 0 Å². The number of thioether (sulfide) groups is 1. The first-order valence-corrected chi connectivity index (χ1v) is 5.77. The third-order valence-corrected chi connectivity index (χ3v) is 2.88. The summed E-state index contributed by atoms with van der Waals surface area (Å²) in [5, 5.41) is 0. The van der Waals surface area contributed by atoms with Crippen LogP contribution < -0.4 is 5.73 Å². The number of aromatic nitrogens is 2. The highest BCUT2D eigenvalue weighted by Crippen LogP contribution is 2.17. The second kappa shape index (κ2) is 3.92. The maximum Gasteiger partial charge on any atom is 0.117 e. The summed E-state index contributed by atoms with van der Waals surface area (Å²) >= 11 is 1.86. The fourth-order valence-electron chi connectivity index (χ4n) is 1.35. The van der Waals surface area contributed by atoms with Crippen LogP contribution in [-0.2, 0) is 5.75 Å². The number of hydrogen-bond acceptors (Lipinski definition) is 3. The predicted molar refractivity (Wildman–Crippen MR) is 62.3 cm³/mol. The predicted octanol–water partition coefficient (Wildman–Crippen LogP) is 2.40.